The van der Waals surface area contributed by atoms with Gasteiger partial charge in [-0.15, -0.1) is 0 Å². The molecule has 2 atom stereocenters. The van der Waals surface area contributed by atoms with E-state index in [1.54, 1.807) is 12.1 Å². The Morgan fingerprint density at radius 1 is 1.16 bits per heavy atom. The number of carbonyl (C=O) groups is 1. The van der Waals surface area contributed by atoms with Crippen molar-refractivity contribution >= 4 is 5.91 Å². The lowest BCUT2D eigenvalue weighted by atomic mass is 9.87. The number of amides is 1. The molecule has 3 rings (SSSR count). The van der Waals surface area contributed by atoms with Crippen LogP contribution in [0.2, 0.25) is 0 Å². The van der Waals surface area contributed by atoms with Crippen LogP contribution in [0.5, 0.6) is 0 Å². The lowest BCUT2D eigenvalue weighted by Crippen LogP contribution is -2.52. The molecule has 0 spiro atoms. The summed E-state index contributed by atoms with van der Waals surface area (Å²) in [5.41, 5.74) is 0.760. The predicted molar refractivity (Wildman–Crippen MR) is 95.5 cm³/mol. The fourth-order valence-corrected chi connectivity index (χ4v) is 4.23. The summed E-state index contributed by atoms with van der Waals surface area (Å²) < 4.78 is 13.0. The fraction of sp³-hybridized carbons (Fsp3) is 0.650. The fourth-order valence-electron chi connectivity index (χ4n) is 4.23. The van der Waals surface area contributed by atoms with Crippen LogP contribution in [0.15, 0.2) is 24.3 Å². The van der Waals surface area contributed by atoms with Crippen LogP contribution in [-0.4, -0.2) is 53.0 Å². The molecule has 0 aliphatic carbocycles. The standard InChI is InChI=1S/C20H29FN2O2/c1-2-22-12-4-3-5-18(22)20(25)23-13-10-16(11-14-23)19(24)15-6-8-17(21)9-7-15/h6-9,16,18-19,24H,2-5,10-14H2,1H3. The summed E-state index contributed by atoms with van der Waals surface area (Å²) in [5, 5.41) is 10.6. The van der Waals surface area contributed by atoms with E-state index in [1.807, 2.05) is 4.90 Å². The highest BCUT2D eigenvalue weighted by atomic mass is 19.1. The van der Waals surface area contributed by atoms with Gasteiger partial charge in [0.1, 0.15) is 5.82 Å². The molecule has 2 heterocycles. The minimum atomic E-state index is -0.584. The van der Waals surface area contributed by atoms with Crippen molar-refractivity contribution in [3.8, 4) is 0 Å². The summed E-state index contributed by atoms with van der Waals surface area (Å²) in [6.07, 6.45) is 4.28. The maximum Gasteiger partial charge on any atom is 0.239 e. The molecule has 5 heteroatoms. The van der Waals surface area contributed by atoms with Crippen LogP contribution in [0.3, 0.4) is 0 Å². The van der Waals surface area contributed by atoms with E-state index in [-0.39, 0.29) is 23.7 Å². The number of piperidine rings is 2. The Balaban J connectivity index is 1.56. The molecule has 0 bridgehead atoms. The van der Waals surface area contributed by atoms with E-state index in [9.17, 15) is 14.3 Å². The van der Waals surface area contributed by atoms with Crippen LogP contribution in [0.1, 0.15) is 50.7 Å². The zero-order chi connectivity index (χ0) is 17.8. The molecular formula is C20H29FN2O2. The summed E-state index contributed by atoms with van der Waals surface area (Å²) in [6.45, 7) is 5.48. The van der Waals surface area contributed by atoms with E-state index in [0.717, 1.165) is 44.3 Å². The second-order valence-corrected chi connectivity index (χ2v) is 7.30. The van der Waals surface area contributed by atoms with Crippen molar-refractivity contribution in [1.29, 1.82) is 0 Å². The smallest absolute Gasteiger partial charge is 0.239 e. The van der Waals surface area contributed by atoms with Gasteiger partial charge in [0, 0.05) is 13.1 Å². The van der Waals surface area contributed by atoms with Crippen LogP contribution in [0.25, 0.3) is 0 Å². The minimum absolute atomic E-state index is 0.0392. The van der Waals surface area contributed by atoms with Crippen LogP contribution in [0, 0.1) is 11.7 Å². The Labute approximate surface area is 149 Å². The zero-order valence-corrected chi connectivity index (χ0v) is 15.0. The van der Waals surface area contributed by atoms with E-state index in [0.29, 0.717) is 13.1 Å². The lowest BCUT2D eigenvalue weighted by Gasteiger charge is -2.40. The maximum absolute atomic E-state index is 13.0. The van der Waals surface area contributed by atoms with Gasteiger partial charge in [0.2, 0.25) is 5.91 Å². The average molecular weight is 348 g/mol. The second-order valence-electron chi connectivity index (χ2n) is 7.30. The van der Waals surface area contributed by atoms with Crippen molar-refractivity contribution in [2.45, 2.75) is 51.2 Å². The molecule has 2 aliphatic heterocycles. The molecule has 138 valence electrons. The molecule has 2 aliphatic rings. The Hall–Kier alpha value is -1.46. The third kappa shape index (κ3) is 4.21. The van der Waals surface area contributed by atoms with E-state index < -0.39 is 6.10 Å². The molecule has 0 aromatic heterocycles. The number of rotatable bonds is 4. The molecule has 25 heavy (non-hydrogen) atoms. The first kappa shape index (κ1) is 18.3. The molecule has 2 fully saturated rings. The number of aliphatic hydroxyl groups is 1. The van der Waals surface area contributed by atoms with Gasteiger partial charge in [0.15, 0.2) is 0 Å². The number of likely N-dealkylation sites (N-methyl/N-ethyl adjacent to an activating group) is 1. The number of benzene rings is 1. The monoisotopic (exact) mass is 348 g/mol. The van der Waals surface area contributed by atoms with Crippen LogP contribution in [0.4, 0.5) is 4.39 Å². The second kappa shape index (κ2) is 8.28. The normalized spacial score (nSPS) is 24.3. The topological polar surface area (TPSA) is 43.8 Å². The first-order valence-corrected chi connectivity index (χ1v) is 9.56. The summed E-state index contributed by atoms with van der Waals surface area (Å²) in [5.74, 6) is 0.101. The molecule has 1 aromatic carbocycles. The highest BCUT2D eigenvalue weighted by Crippen LogP contribution is 2.31. The van der Waals surface area contributed by atoms with Gasteiger partial charge in [-0.1, -0.05) is 25.5 Å². The molecular weight excluding hydrogens is 319 g/mol. The van der Waals surface area contributed by atoms with Crippen LogP contribution >= 0.6 is 0 Å². The Kier molecular flexibility index (Phi) is 6.07. The van der Waals surface area contributed by atoms with Crippen molar-refractivity contribution in [3.05, 3.63) is 35.6 Å². The number of hydrogen-bond acceptors (Lipinski definition) is 3. The first-order valence-electron chi connectivity index (χ1n) is 9.56. The number of nitrogens with zero attached hydrogens (tertiary/aromatic N) is 2. The van der Waals surface area contributed by atoms with Gasteiger partial charge in [0.25, 0.3) is 0 Å². The van der Waals surface area contributed by atoms with Gasteiger partial charge in [-0.25, -0.2) is 4.39 Å². The van der Waals surface area contributed by atoms with Crippen molar-refractivity contribution < 1.29 is 14.3 Å². The molecule has 1 aromatic rings. The highest BCUT2D eigenvalue weighted by molar-refractivity contribution is 5.82. The number of hydrogen-bond donors (Lipinski definition) is 1. The van der Waals surface area contributed by atoms with Gasteiger partial charge in [-0.2, -0.15) is 0 Å². The van der Waals surface area contributed by atoms with Gasteiger partial charge in [-0.3, -0.25) is 9.69 Å². The molecule has 1 N–H and O–H groups in total. The molecule has 2 unspecified atom stereocenters. The van der Waals surface area contributed by atoms with Gasteiger partial charge in [0.05, 0.1) is 12.1 Å². The van der Waals surface area contributed by atoms with E-state index >= 15 is 0 Å². The lowest BCUT2D eigenvalue weighted by molar-refractivity contribution is -0.140. The van der Waals surface area contributed by atoms with Crippen LogP contribution < -0.4 is 0 Å². The van der Waals surface area contributed by atoms with Crippen molar-refractivity contribution in [1.82, 2.24) is 9.80 Å². The molecule has 0 radical (unpaired) electrons. The minimum Gasteiger partial charge on any atom is -0.388 e. The average Bonchev–Trinajstić information content (AvgIpc) is 2.67. The Morgan fingerprint density at radius 2 is 1.84 bits per heavy atom. The van der Waals surface area contributed by atoms with Crippen molar-refractivity contribution in [2.75, 3.05) is 26.2 Å². The van der Waals surface area contributed by atoms with E-state index in [2.05, 4.69) is 11.8 Å². The van der Waals surface area contributed by atoms with Crippen molar-refractivity contribution in [3.63, 3.8) is 0 Å². The molecule has 2 saturated heterocycles. The largest absolute Gasteiger partial charge is 0.388 e. The van der Waals surface area contributed by atoms with Gasteiger partial charge >= 0.3 is 0 Å². The highest BCUT2D eigenvalue weighted by Gasteiger charge is 2.34. The number of likely N-dealkylation sites (tertiary alicyclic amines) is 2. The SMILES string of the molecule is CCN1CCCCC1C(=O)N1CCC(C(O)c2ccc(F)cc2)CC1. The van der Waals surface area contributed by atoms with Gasteiger partial charge in [-0.05, 0) is 62.4 Å². The van der Waals surface area contributed by atoms with E-state index in [4.69, 9.17) is 0 Å². The quantitative estimate of drug-likeness (QED) is 0.910. The summed E-state index contributed by atoms with van der Waals surface area (Å²) >= 11 is 0. The van der Waals surface area contributed by atoms with Gasteiger partial charge < -0.3 is 10.0 Å². The summed E-state index contributed by atoms with van der Waals surface area (Å²) in [4.78, 5) is 17.2. The van der Waals surface area contributed by atoms with Crippen molar-refractivity contribution in [2.24, 2.45) is 5.92 Å². The molecule has 0 saturated carbocycles. The first-order chi connectivity index (χ1) is 12.1. The maximum atomic E-state index is 13.0. The van der Waals surface area contributed by atoms with E-state index in [1.165, 1.54) is 18.6 Å². The Morgan fingerprint density at radius 3 is 2.48 bits per heavy atom. The summed E-state index contributed by atoms with van der Waals surface area (Å²) in [7, 11) is 0. The zero-order valence-electron chi connectivity index (χ0n) is 15.0. The molecule has 1 amide bonds. The third-order valence-corrected chi connectivity index (χ3v) is 5.81. The molecule has 4 nitrogen and oxygen atoms in total. The number of aliphatic hydroxyl groups excluding tert-OH is 1. The number of carbonyl (C=O) groups excluding carboxylic acids is 1. The van der Waals surface area contributed by atoms with Crippen LogP contribution in [-0.2, 0) is 4.79 Å². The third-order valence-electron chi connectivity index (χ3n) is 5.81. The summed E-state index contributed by atoms with van der Waals surface area (Å²) in [6, 6.07) is 6.12. The number of halogens is 1. The predicted octanol–water partition coefficient (Wildman–Crippen LogP) is 2.97. The Bertz CT molecular complexity index is 570.